The van der Waals surface area contributed by atoms with Crippen LogP contribution in [0.5, 0.6) is 0 Å². The normalized spacial score (nSPS) is 22.8. The van der Waals surface area contributed by atoms with E-state index in [2.05, 4.69) is 35.0 Å². The number of rotatable bonds is 1. The summed E-state index contributed by atoms with van der Waals surface area (Å²) in [7, 11) is 0. The first-order chi connectivity index (χ1) is 8.86. The molecule has 1 N–H and O–H groups in total. The van der Waals surface area contributed by atoms with Gasteiger partial charge in [-0.1, -0.05) is 18.2 Å². The Morgan fingerprint density at radius 2 is 2.28 bits per heavy atom. The third-order valence-electron chi connectivity index (χ3n) is 4.76. The van der Waals surface area contributed by atoms with E-state index in [-0.39, 0.29) is 0 Å². The first-order valence-electron chi connectivity index (χ1n) is 7.17. The molecule has 0 saturated carbocycles. The van der Waals surface area contributed by atoms with Gasteiger partial charge in [0.15, 0.2) is 0 Å². The van der Waals surface area contributed by atoms with Crippen LogP contribution >= 0.6 is 0 Å². The van der Waals surface area contributed by atoms with Crippen LogP contribution < -0.4 is 5.32 Å². The second kappa shape index (κ2) is 3.86. The van der Waals surface area contributed by atoms with E-state index < -0.39 is 0 Å². The topological polar surface area (TPSA) is 17.0 Å². The van der Waals surface area contributed by atoms with Crippen LogP contribution in [0.15, 0.2) is 18.2 Å². The van der Waals surface area contributed by atoms with Crippen molar-refractivity contribution in [3.63, 3.8) is 0 Å². The summed E-state index contributed by atoms with van der Waals surface area (Å²) in [5.74, 6) is 0.720. The molecular weight excluding hydrogens is 220 g/mol. The summed E-state index contributed by atoms with van der Waals surface area (Å²) >= 11 is 0. The molecule has 0 radical (unpaired) electrons. The molecule has 0 amide bonds. The van der Waals surface area contributed by atoms with Crippen molar-refractivity contribution in [1.82, 2.24) is 9.88 Å². The third-order valence-corrected chi connectivity index (χ3v) is 4.76. The summed E-state index contributed by atoms with van der Waals surface area (Å²) in [5, 5.41) is 5.05. The van der Waals surface area contributed by atoms with Crippen LogP contribution in [0.25, 0.3) is 10.9 Å². The number of benzene rings is 1. The molecule has 1 aromatic carbocycles. The summed E-state index contributed by atoms with van der Waals surface area (Å²) in [6, 6.07) is 6.83. The average Bonchev–Trinajstić information content (AvgIpc) is 2.96. The van der Waals surface area contributed by atoms with E-state index in [4.69, 9.17) is 0 Å². The second-order valence-corrected chi connectivity index (χ2v) is 5.77. The Balaban J connectivity index is 1.94. The number of para-hydroxylation sites is 1. The van der Waals surface area contributed by atoms with Crippen LogP contribution in [-0.2, 0) is 13.0 Å². The maximum Gasteiger partial charge on any atom is 0.0518 e. The highest BCUT2D eigenvalue weighted by atomic mass is 15.0. The molecule has 2 aliphatic heterocycles. The minimum atomic E-state index is 0.720. The van der Waals surface area contributed by atoms with Crippen molar-refractivity contribution in [2.75, 3.05) is 13.1 Å². The highest BCUT2D eigenvalue weighted by Gasteiger charge is 2.26. The van der Waals surface area contributed by atoms with Gasteiger partial charge in [0.05, 0.1) is 5.52 Å². The van der Waals surface area contributed by atoms with E-state index >= 15 is 0 Å². The van der Waals surface area contributed by atoms with Crippen molar-refractivity contribution in [3.05, 3.63) is 35.0 Å². The van der Waals surface area contributed by atoms with Gasteiger partial charge < -0.3 is 9.88 Å². The van der Waals surface area contributed by atoms with E-state index in [0.29, 0.717) is 0 Å². The molecule has 4 rings (SSSR count). The zero-order valence-electron chi connectivity index (χ0n) is 11.0. The Morgan fingerprint density at radius 1 is 1.33 bits per heavy atom. The number of aromatic nitrogens is 1. The Morgan fingerprint density at radius 3 is 3.11 bits per heavy atom. The second-order valence-electron chi connectivity index (χ2n) is 5.77. The van der Waals surface area contributed by atoms with Gasteiger partial charge in [-0.25, -0.2) is 0 Å². The summed E-state index contributed by atoms with van der Waals surface area (Å²) in [6.45, 7) is 5.86. The standard InChI is InChI=1S/C16H20N2/c1-11-14-6-2-4-12-7-9-18(16(12)14)15(11)13-5-3-8-17-10-13/h2,4,6,13,17H,3,5,7-10H2,1H3. The summed E-state index contributed by atoms with van der Waals surface area (Å²) in [4.78, 5) is 0. The quantitative estimate of drug-likeness (QED) is 0.811. The Kier molecular flexibility index (Phi) is 2.28. The van der Waals surface area contributed by atoms with Gasteiger partial charge in [-0.3, -0.25) is 0 Å². The summed E-state index contributed by atoms with van der Waals surface area (Å²) in [6.07, 6.45) is 3.89. The van der Waals surface area contributed by atoms with Gasteiger partial charge in [0.25, 0.3) is 0 Å². The van der Waals surface area contributed by atoms with Crippen LogP contribution in [0, 0.1) is 6.92 Å². The maximum absolute atomic E-state index is 3.56. The average molecular weight is 240 g/mol. The predicted octanol–water partition coefficient (Wildman–Crippen LogP) is 2.97. The number of hydrogen-bond donors (Lipinski definition) is 1. The van der Waals surface area contributed by atoms with Crippen molar-refractivity contribution in [2.24, 2.45) is 0 Å². The Bertz CT molecular complexity index is 603. The highest BCUT2D eigenvalue weighted by Crippen LogP contribution is 2.38. The van der Waals surface area contributed by atoms with Crippen molar-refractivity contribution < 1.29 is 0 Å². The van der Waals surface area contributed by atoms with Crippen LogP contribution in [0.1, 0.15) is 35.6 Å². The molecule has 2 aliphatic rings. The zero-order chi connectivity index (χ0) is 12.1. The van der Waals surface area contributed by atoms with E-state index in [0.717, 1.165) is 12.5 Å². The van der Waals surface area contributed by atoms with Gasteiger partial charge in [-0.15, -0.1) is 0 Å². The lowest BCUT2D eigenvalue weighted by Gasteiger charge is -2.25. The number of nitrogens with one attached hydrogen (secondary N) is 1. The molecular formula is C16H20N2. The lowest BCUT2D eigenvalue weighted by atomic mass is 9.93. The molecule has 2 aromatic rings. The largest absolute Gasteiger partial charge is 0.343 e. The smallest absolute Gasteiger partial charge is 0.0518 e. The van der Waals surface area contributed by atoms with Gasteiger partial charge in [0.1, 0.15) is 0 Å². The zero-order valence-corrected chi connectivity index (χ0v) is 11.0. The number of piperidine rings is 1. The molecule has 2 nitrogen and oxygen atoms in total. The number of hydrogen-bond acceptors (Lipinski definition) is 1. The van der Waals surface area contributed by atoms with E-state index in [1.807, 2.05) is 0 Å². The van der Waals surface area contributed by atoms with E-state index in [9.17, 15) is 0 Å². The fraction of sp³-hybridized carbons (Fsp3) is 0.500. The number of aryl methyl sites for hydroxylation is 3. The van der Waals surface area contributed by atoms with E-state index in [1.165, 1.54) is 48.8 Å². The monoisotopic (exact) mass is 240 g/mol. The van der Waals surface area contributed by atoms with Gasteiger partial charge in [-0.05, 0) is 43.9 Å². The molecule has 0 spiro atoms. The maximum atomic E-state index is 3.56. The minimum Gasteiger partial charge on any atom is -0.343 e. The summed E-state index contributed by atoms with van der Waals surface area (Å²) < 4.78 is 2.61. The van der Waals surface area contributed by atoms with Gasteiger partial charge in [0, 0.05) is 30.1 Å². The van der Waals surface area contributed by atoms with Crippen molar-refractivity contribution >= 4 is 10.9 Å². The molecule has 1 fully saturated rings. The van der Waals surface area contributed by atoms with Crippen LogP contribution in [-0.4, -0.2) is 17.7 Å². The predicted molar refractivity (Wildman–Crippen MR) is 75.2 cm³/mol. The van der Waals surface area contributed by atoms with Crippen molar-refractivity contribution in [3.8, 4) is 0 Å². The molecule has 94 valence electrons. The SMILES string of the molecule is Cc1c(C2CCCNC2)n2c3c(cccc13)CC2. The van der Waals surface area contributed by atoms with Crippen LogP contribution in [0.3, 0.4) is 0 Å². The molecule has 1 aromatic heterocycles. The van der Waals surface area contributed by atoms with Gasteiger partial charge in [-0.2, -0.15) is 0 Å². The fourth-order valence-corrected chi connectivity index (χ4v) is 3.95. The highest BCUT2D eigenvalue weighted by molar-refractivity contribution is 5.89. The first kappa shape index (κ1) is 10.6. The molecule has 1 atom stereocenters. The molecule has 1 saturated heterocycles. The molecule has 0 bridgehead atoms. The van der Waals surface area contributed by atoms with Crippen LogP contribution in [0.2, 0.25) is 0 Å². The molecule has 18 heavy (non-hydrogen) atoms. The fourth-order valence-electron chi connectivity index (χ4n) is 3.95. The lowest BCUT2D eigenvalue weighted by Crippen LogP contribution is -2.29. The van der Waals surface area contributed by atoms with Crippen molar-refractivity contribution in [1.29, 1.82) is 0 Å². The van der Waals surface area contributed by atoms with Crippen molar-refractivity contribution in [2.45, 2.75) is 38.6 Å². The third kappa shape index (κ3) is 1.33. The molecule has 0 aliphatic carbocycles. The first-order valence-corrected chi connectivity index (χ1v) is 7.17. The van der Waals surface area contributed by atoms with Gasteiger partial charge >= 0.3 is 0 Å². The molecule has 1 unspecified atom stereocenters. The Labute approximate surface area is 108 Å². The lowest BCUT2D eigenvalue weighted by molar-refractivity contribution is 0.442. The number of nitrogens with zero attached hydrogens (tertiary/aromatic N) is 1. The summed E-state index contributed by atoms with van der Waals surface area (Å²) in [5.41, 5.74) is 6.21. The molecule has 3 heterocycles. The van der Waals surface area contributed by atoms with E-state index in [1.54, 1.807) is 11.3 Å². The minimum absolute atomic E-state index is 0.720. The Hall–Kier alpha value is -1.28. The van der Waals surface area contributed by atoms with Gasteiger partial charge in [0.2, 0.25) is 0 Å². The molecule has 2 heteroatoms. The van der Waals surface area contributed by atoms with Crippen LogP contribution in [0.4, 0.5) is 0 Å².